The third-order valence-electron chi connectivity index (χ3n) is 5.57. The largest absolute Gasteiger partial charge is 0.497 e. The number of anilines is 1. The summed E-state index contributed by atoms with van der Waals surface area (Å²) >= 11 is 0. The Bertz CT molecular complexity index is 1660. The van der Waals surface area contributed by atoms with Gasteiger partial charge in [-0.25, -0.2) is 23.5 Å². The summed E-state index contributed by atoms with van der Waals surface area (Å²) in [4.78, 5) is 17.8. The van der Waals surface area contributed by atoms with E-state index in [1.54, 1.807) is 13.3 Å². The van der Waals surface area contributed by atoms with Crippen LogP contribution in [0.25, 0.3) is 33.4 Å². The maximum atomic E-state index is 11.9. The molecule has 9 nitrogen and oxygen atoms in total. The molecule has 2 aromatic carbocycles. The third-order valence-corrected chi connectivity index (χ3v) is 6.45. The summed E-state index contributed by atoms with van der Waals surface area (Å²) in [5.74, 6) is 1.61. The Labute approximate surface area is 208 Å². The number of primary sulfonamides is 1. The highest BCUT2D eigenvalue weighted by Gasteiger charge is 2.17. The summed E-state index contributed by atoms with van der Waals surface area (Å²) in [6.07, 6.45) is 4.43. The third kappa shape index (κ3) is 4.85. The average molecular weight is 499 g/mol. The fourth-order valence-corrected chi connectivity index (χ4v) is 4.34. The van der Waals surface area contributed by atoms with Crippen LogP contribution in [0, 0.1) is 0 Å². The molecule has 0 bridgehead atoms. The number of fused-ring (bicyclic) bond motifs is 1. The number of nitrogens with two attached hydrogens (primary N) is 1. The van der Waals surface area contributed by atoms with Gasteiger partial charge >= 0.3 is 0 Å². The minimum Gasteiger partial charge on any atom is -0.497 e. The van der Waals surface area contributed by atoms with Crippen LogP contribution in [0.15, 0.2) is 90.2 Å². The van der Waals surface area contributed by atoms with Crippen LogP contribution in [-0.2, 0) is 16.6 Å². The summed E-state index contributed by atoms with van der Waals surface area (Å²) in [6.45, 7) is 0.425. The van der Waals surface area contributed by atoms with Gasteiger partial charge in [0, 0.05) is 24.2 Å². The van der Waals surface area contributed by atoms with Crippen molar-refractivity contribution in [1.29, 1.82) is 0 Å². The van der Waals surface area contributed by atoms with Crippen LogP contribution in [0.1, 0.15) is 5.69 Å². The van der Waals surface area contributed by atoms with E-state index in [2.05, 4.69) is 15.3 Å². The molecule has 3 heterocycles. The first kappa shape index (κ1) is 23.3. The van der Waals surface area contributed by atoms with Crippen molar-refractivity contribution in [2.24, 2.45) is 5.14 Å². The quantitative estimate of drug-likeness (QED) is 0.344. The van der Waals surface area contributed by atoms with Crippen molar-refractivity contribution < 1.29 is 13.2 Å². The van der Waals surface area contributed by atoms with Gasteiger partial charge < -0.3 is 10.1 Å². The fourth-order valence-electron chi connectivity index (χ4n) is 3.84. The van der Waals surface area contributed by atoms with Crippen LogP contribution in [0.5, 0.6) is 5.75 Å². The summed E-state index contributed by atoms with van der Waals surface area (Å²) in [5, 5.41) is 9.50. The van der Waals surface area contributed by atoms with Gasteiger partial charge in [-0.05, 0) is 47.5 Å². The molecule has 0 amide bonds. The van der Waals surface area contributed by atoms with E-state index in [4.69, 9.17) is 19.8 Å². The van der Waals surface area contributed by atoms with E-state index in [9.17, 15) is 8.42 Å². The van der Waals surface area contributed by atoms with Gasteiger partial charge in [0.05, 0.1) is 30.3 Å². The minimum absolute atomic E-state index is 0.114. The molecule has 36 heavy (non-hydrogen) atoms. The monoisotopic (exact) mass is 498 g/mol. The Balaban J connectivity index is 1.70. The summed E-state index contributed by atoms with van der Waals surface area (Å²) in [7, 11) is -2.31. The molecule has 180 valence electrons. The first-order chi connectivity index (χ1) is 17.4. The van der Waals surface area contributed by atoms with E-state index in [0.717, 1.165) is 28.0 Å². The van der Waals surface area contributed by atoms with Crippen LogP contribution in [0.2, 0.25) is 0 Å². The van der Waals surface area contributed by atoms with Crippen molar-refractivity contribution in [2.75, 3.05) is 12.4 Å². The van der Waals surface area contributed by atoms with E-state index < -0.39 is 10.0 Å². The standard InChI is InChI=1S/C26H22N6O3S/c1-35-20-8-4-6-17(12-20)22-9-5-10-23-24(22)26(30-15-19-7-2-3-11-29-19)32-25(31-23)18-13-21(16-28-14-18)36(27,33)34/h2-14,16H,15H2,1H3,(H2,27,33,34)(H,30,31,32). The average Bonchev–Trinajstić information content (AvgIpc) is 2.91. The summed E-state index contributed by atoms with van der Waals surface area (Å²) in [5.41, 5.74) is 3.79. The highest BCUT2D eigenvalue weighted by atomic mass is 32.2. The summed E-state index contributed by atoms with van der Waals surface area (Å²) < 4.78 is 29.2. The number of hydrogen-bond acceptors (Lipinski definition) is 8. The van der Waals surface area contributed by atoms with Crippen molar-refractivity contribution in [3.63, 3.8) is 0 Å². The molecule has 0 saturated heterocycles. The molecule has 3 N–H and O–H groups in total. The van der Waals surface area contributed by atoms with Crippen molar-refractivity contribution in [3.8, 4) is 28.3 Å². The van der Waals surface area contributed by atoms with Gasteiger partial charge in [-0.2, -0.15) is 0 Å². The number of ether oxygens (including phenoxy) is 1. The van der Waals surface area contributed by atoms with Gasteiger partial charge in [0.25, 0.3) is 0 Å². The van der Waals surface area contributed by atoms with Crippen LogP contribution < -0.4 is 15.2 Å². The smallest absolute Gasteiger partial charge is 0.239 e. The zero-order valence-electron chi connectivity index (χ0n) is 19.3. The first-order valence-electron chi connectivity index (χ1n) is 11.0. The second-order valence-electron chi connectivity index (χ2n) is 7.96. The van der Waals surface area contributed by atoms with Crippen LogP contribution in [0.3, 0.4) is 0 Å². The maximum Gasteiger partial charge on any atom is 0.239 e. The van der Waals surface area contributed by atoms with Gasteiger partial charge in [-0.1, -0.05) is 30.3 Å². The zero-order chi connectivity index (χ0) is 25.1. The summed E-state index contributed by atoms with van der Waals surface area (Å²) in [6, 6.07) is 20.6. The van der Waals surface area contributed by atoms with E-state index in [0.29, 0.717) is 29.3 Å². The van der Waals surface area contributed by atoms with Gasteiger partial charge in [0.15, 0.2) is 5.82 Å². The van der Waals surface area contributed by atoms with Gasteiger partial charge in [0.1, 0.15) is 16.5 Å². The molecule has 5 aromatic rings. The number of nitrogens with one attached hydrogen (secondary N) is 1. The molecule has 0 unspecified atom stereocenters. The second-order valence-corrected chi connectivity index (χ2v) is 9.52. The van der Waals surface area contributed by atoms with Gasteiger partial charge in [-0.15, -0.1) is 0 Å². The molecule has 0 radical (unpaired) electrons. The fraction of sp³-hybridized carbons (Fsp3) is 0.0769. The molecule has 10 heteroatoms. The number of pyridine rings is 2. The lowest BCUT2D eigenvalue weighted by atomic mass is 10.00. The lowest BCUT2D eigenvalue weighted by molar-refractivity contribution is 0.415. The minimum atomic E-state index is -3.94. The van der Waals surface area contributed by atoms with E-state index in [1.165, 1.54) is 18.5 Å². The Morgan fingerprint density at radius 1 is 0.944 bits per heavy atom. The first-order valence-corrected chi connectivity index (χ1v) is 12.5. The lowest BCUT2D eigenvalue weighted by Crippen LogP contribution is -2.12. The maximum absolute atomic E-state index is 11.9. The van der Waals surface area contributed by atoms with Crippen molar-refractivity contribution in [1.82, 2.24) is 19.9 Å². The predicted molar refractivity (Wildman–Crippen MR) is 138 cm³/mol. The number of nitrogens with zero attached hydrogens (tertiary/aromatic N) is 4. The van der Waals surface area contributed by atoms with Crippen molar-refractivity contribution >= 4 is 26.7 Å². The van der Waals surface area contributed by atoms with Crippen molar-refractivity contribution in [2.45, 2.75) is 11.4 Å². The molecular formula is C26H22N6O3S. The molecule has 0 fully saturated rings. The Morgan fingerprint density at radius 2 is 1.81 bits per heavy atom. The topological polar surface area (TPSA) is 133 Å². The van der Waals surface area contributed by atoms with Crippen LogP contribution in [-0.4, -0.2) is 35.5 Å². The normalized spacial score (nSPS) is 11.4. The molecule has 0 aliphatic heterocycles. The Hall–Kier alpha value is -4.41. The number of hydrogen-bond donors (Lipinski definition) is 2. The number of benzene rings is 2. The van der Waals surface area contributed by atoms with E-state index in [-0.39, 0.29) is 4.90 Å². The van der Waals surface area contributed by atoms with Crippen molar-refractivity contribution in [3.05, 3.63) is 91.0 Å². The number of aromatic nitrogens is 4. The van der Waals surface area contributed by atoms with Gasteiger partial charge in [0.2, 0.25) is 10.0 Å². The Kier molecular flexibility index (Phi) is 6.28. The number of methoxy groups -OCH3 is 1. The Morgan fingerprint density at radius 3 is 2.58 bits per heavy atom. The molecule has 0 saturated carbocycles. The molecular weight excluding hydrogens is 476 g/mol. The molecule has 0 spiro atoms. The highest BCUT2D eigenvalue weighted by molar-refractivity contribution is 7.89. The van der Waals surface area contributed by atoms with Crippen LogP contribution >= 0.6 is 0 Å². The SMILES string of the molecule is COc1cccc(-c2cccc3nc(-c4cncc(S(N)(=O)=O)c4)nc(NCc4ccccn4)c23)c1. The number of sulfonamides is 1. The molecule has 0 aliphatic rings. The molecule has 0 aliphatic carbocycles. The molecule has 5 rings (SSSR count). The molecule has 0 atom stereocenters. The highest BCUT2D eigenvalue weighted by Crippen LogP contribution is 2.35. The second kappa shape index (κ2) is 9.68. The molecule has 3 aromatic heterocycles. The zero-order valence-corrected chi connectivity index (χ0v) is 20.1. The van der Waals surface area contributed by atoms with Crippen LogP contribution in [0.4, 0.5) is 5.82 Å². The van der Waals surface area contributed by atoms with E-state index >= 15 is 0 Å². The number of rotatable bonds is 7. The van der Waals surface area contributed by atoms with Gasteiger partial charge in [-0.3, -0.25) is 9.97 Å². The lowest BCUT2D eigenvalue weighted by Gasteiger charge is -2.15. The predicted octanol–water partition coefficient (Wildman–Crippen LogP) is 4.02. The van der Waals surface area contributed by atoms with E-state index in [1.807, 2.05) is 60.7 Å².